The molecule has 1 fully saturated rings. The van der Waals surface area contributed by atoms with Crippen molar-refractivity contribution in [1.82, 2.24) is 31.0 Å². The van der Waals surface area contributed by atoms with Gasteiger partial charge in [-0.05, 0) is 24.5 Å². The lowest BCUT2D eigenvalue weighted by Gasteiger charge is -2.28. The van der Waals surface area contributed by atoms with Crippen molar-refractivity contribution in [3.63, 3.8) is 0 Å². The summed E-state index contributed by atoms with van der Waals surface area (Å²) in [6.07, 6.45) is 0.805. The lowest BCUT2D eigenvalue weighted by atomic mass is 9.99. The second-order valence-electron chi connectivity index (χ2n) is 8.32. The zero-order valence-electron chi connectivity index (χ0n) is 20.3. The summed E-state index contributed by atoms with van der Waals surface area (Å²) in [6, 6.07) is 5.20. The van der Waals surface area contributed by atoms with Gasteiger partial charge in [0.05, 0.1) is 13.0 Å². The largest absolute Gasteiger partial charge is 0.353 e. The smallest absolute Gasteiger partial charge is 0.280 e. The maximum Gasteiger partial charge on any atom is 0.280 e. The van der Waals surface area contributed by atoms with Gasteiger partial charge in [-0.3, -0.25) is 24.2 Å². The number of benzene rings is 1. The summed E-state index contributed by atoms with van der Waals surface area (Å²) in [4.78, 5) is 55.3. The number of nitrogens with one attached hydrogen (secondary N) is 3. The van der Waals surface area contributed by atoms with E-state index in [4.69, 9.17) is 1.37 Å². The first kappa shape index (κ1) is 22.5. The van der Waals surface area contributed by atoms with Crippen molar-refractivity contribution < 1.29 is 20.5 Å². The molecule has 34 heavy (non-hydrogen) atoms. The van der Waals surface area contributed by atoms with Crippen molar-refractivity contribution in [2.24, 2.45) is 5.92 Å². The van der Waals surface area contributed by atoms with Crippen LogP contribution in [0.1, 0.15) is 57.0 Å². The van der Waals surface area contributed by atoms with Gasteiger partial charge in [0.25, 0.3) is 17.7 Å². The highest BCUT2D eigenvalue weighted by atomic mass is 32.1. The highest BCUT2D eigenvalue weighted by Crippen LogP contribution is 2.29. The highest BCUT2D eigenvalue weighted by molar-refractivity contribution is 7.15. The van der Waals surface area contributed by atoms with Gasteiger partial charge in [0, 0.05) is 33.2 Å². The van der Waals surface area contributed by atoms with Crippen molar-refractivity contribution in [3.05, 3.63) is 51.0 Å². The number of nitrogens with zero attached hydrogens (tertiary/aromatic N) is 3. The minimum absolute atomic E-state index is 0.0148. The van der Waals surface area contributed by atoms with Gasteiger partial charge in [-0.1, -0.05) is 31.2 Å². The fourth-order valence-corrected chi connectivity index (χ4v) is 4.93. The van der Waals surface area contributed by atoms with Crippen LogP contribution in [0.5, 0.6) is 0 Å². The molecule has 1 aromatic heterocycles. The molecule has 11 heteroatoms. The van der Waals surface area contributed by atoms with E-state index in [0.717, 1.165) is 23.3 Å². The van der Waals surface area contributed by atoms with Gasteiger partial charge in [0.2, 0.25) is 5.91 Å². The van der Waals surface area contributed by atoms with Crippen LogP contribution in [-0.2, 0) is 16.1 Å². The molecule has 180 valence electrons. The number of hydrazine groups is 1. The summed E-state index contributed by atoms with van der Waals surface area (Å²) >= 11 is 0.971. The van der Waals surface area contributed by atoms with E-state index in [0.29, 0.717) is 30.9 Å². The molecule has 0 aliphatic carbocycles. The van der Waals surface area contributed by atoms with Crippen LogP contribution in [0.2, 0.25) is 0 Å². The predicted molar refractivity (Wildman–Crippen MR) is 126 cm³/mol. The molecular formula is C23H28N6O4S. The summed E-state index contributed by atoms with van der Waals surface area (Å²) in [5, 5.41) is 11.5. The molecule has 2 atom stereocenters. The Balaban J connectivity index is 1.47. The molecular weight excluding hydrogens is 456 g/mol. The number of carbonyl (C=O) groups is 4. The number of thiazole rings is 1. The number of aryl methyl sites for hydroxylation is 1. The number of aromatic nitrogens is 1. The van der Waals surface area contributed by atoms with Crippen molar-refractivity contribution in [3.8, 4) is 0 Å². The van der Waals surface area contributed by atoms with E-state index >= 15 is 0 Å². The van der Waals surface area contributed by atoms with Crippen molar-refractivity contribution in [1.29, 1.82) is 0 Å². The number of hydrogen-bond acceptors (Lipinski definition) is 7. The number of amides is 4. The molecule has 3 N–H and O–H groups in total. The molecule has 2 aliphatic rings. The first-order valence-corrected chi connectivity index (χ1v) is 11.9. The summed E-state index contributed by atoms with van der Waals surface area (Å²) in [5.41, 5.74) is 1.68. The highest BCUT2D eigenvalue weighted by Gasteiger charge is 2.38. The van der Waals surface area contributed by atoms with Gasteiger partial charge in [-0.25, -0.2) is 9.99 Å². The molecule has 2 aliphatic heterocycles. The number of fused-ring (bicyclic) bond motifs is 2. The monoisotopic (exact) mass is 485 g/mol. The van der Waals surface area contributed by atoms with Crippen LogP contribution in [-0.4, -0.2) is 65.3 Å². The van der Waals surface area contributed by atoms with E-state index in [-0.39, 0.29) is 22.3 Å². The van der Waals surface area contributed by atoms with Crippen LogP contribution < -0.4 is 16.0 Å². The molecule has 1 saturated heterocycles. The molecule has 0 saturated carbocycles. The maximum atomic E-state index is 13.4. The molecule has 3 heterocycles. The van der Waals surface area contributed by atoms with Crippen molar-refractivity contribution in [2.45, 2.75) is 32.8 Å². The summed E-state index contributed by atoms with van der Waals surface area (Å²) < 4.78 is 9.08. The van der Waals surface area contributed by atoms with Gasteiger partial charge in [-0.2, -0.15) is 0 Å². The Morgan fingerprint density at radius 2 is 2.03 bits per heavy atom. The number of hydrogen-bond donors (Lipinski definition) is 3. The Morgan fingerprint density at radius 1 is 1.26 bits per heavy atom. The van der Waals surface area contributed by atoms with Gasteiger partial charge >= 0.3 is 0 Å². The Hall–Kier alpha value is -3.31. The van der Waals surface area contributed by atoms with Crippen LogP contribution in [0.25, 0.3) is 0 Å². The van der Waals surface area contributed by atoms with Crippen LogP contribution in [0, 0.1) is 12.8 Å². The van der Waals surface area contributed by atoms with Gasteiger partial charge in [0.1, 0.15) is 10.9 Å². The first-order chi connectivity index (χ1) is 16.7. The number of rotatable bonds is 6. The number of carbonyl (C=O) groups excluding carboxylic acids is 4. The second-order valence-corrected chi connectivity index (χ2v) is 9.31. The Kier molecular flexibility index (Phi) is 6.54. The summed E-state index contributed by atoms with van der Waals surface area (Å²) in [6.45, 7) is 4.94. The molecule has 2 aromatic rings. The van der Waals surface area contributed by atoms with E-state index in [9.17, 15) is 19.2 Å². The third-order valence-corrected chi connectivity index (χ3v) is 7.06. The molecule has 10 nitrogen and oxygen atoms in total. The molecule has 1 aromatic carbocycles. The minimum Gasteiger partial charge on any atom is -0.353 e. The molecule has 4 amide bonds. The van der Waals surface area contributed by atoms with Crippen LogP contribution in [0.15, 0.2) is 24.3 Å². The van der Waals surface area contributed by atoms with Crippen molar-refractivity contribution >= 4 is 35.0 Å². The summed E-state index contributed by atoms with van der Waals surface area (Å²) in [5.74, 6) is -2.56. The molecule has 0 bridgehead atoms. The normalized spacial score (nSPS) is 21.1. The zero-order chi connectivity index (χ0) is 25.3. The third-order valence-electron chi connectivity index (χ3n) is 5.90. The maximum absolute atomic E-state index is 13.4. The average Bonchev–Trinajstić information content (AvgIpc) is 3.45. The average molecular weight is 486 g/mol. The van der Waals surface area contributed by atoms with E-state index in [1.807, 2.05) is 17.1 Å². The Bertz CT molecular complexity index is 1190. The summed E-state index contributed by atoms with van der Waals surface area (Å²) in [7, 11) is 1.48. The lowest BCUT2D eigenvalue weighted by Crippen LogP contribution is -2.47. The van der Waals surface area contributed by atoms with Gasteiger partial charge in [-0.15, -0.1) is 11.3 Å². The van der Waals surface area contributed by atoms with E-state index in [2.05, 4.69) is 20.9 Å². The molecule has 0 radical (unpaired) electrons. The minimum atomic E-state index is -1.97. The van der Waals surface area contributed by atoms with E-state index in [1.54, 1.807) is 31.0 Å². The second kappa shape index (κ2) is 9.90. The molecule has 0 spiro atoms. The van der Waals surface area contributed by atoms with E-state index < -0.39 is 29.7 Å². The van der Waals surface area contributed by atoms with Crippen LogP contribution >= 0.6 is 11.3 Å². The first-order valence-electron chi connectivity index (χ1n) is 11.6. The topological polar surface area (TPSA) is 124 Å². The Morgan fingerprint density at radius 3 is 2.79 bits per heavy atom. The van der Waals surface area contributed by atoms with Crippen molar-refractivity contribution in [2.75, 3.05) is 26.7 Å². The molecule has 4 rings (SSSR count). The standard InChI is InChI=1S/C23H28N6O4S/c1-13(11-25-20(31)18-14(2)26-22(34-18)21(32)24-3)19(30)27-17-16-8-5-4-7-15(16)12-28-9-6-10-29(28)23(17)33/h4-5,7-8,13,17H,6,9-12H2,1-3H3,(H,24,32)(H,25,31)(H,27,30)/t13-,17-/m1/s1/i17D. The van der Waals surface area contributed by atoms with Gasteiger partial charge < -0.3 is 16.0 Å². The fourth-order valence-electron chi connectivity index (χ4n) is 4.00. The van der Waals surface area contributed by atoms with E-state index in [1.165, 1.54) is 7.05 Å². The zero-order valence-corrected chi connectivity index (χ0v) is 20.1. The lowest BCUT2D eigenvalue weighted by molar-refractivity contribution is -0.148. The predicted octanol–water partition coefficient (Wildman–Crippen LogP) is 0.997. The van der Waals surface area contributed by atoms with Crippen LogP contribution in [0.4, 0.5) is 0 Å². The SMILES string of the molecule is [2H][C@]1(NC(=O)[C@H](C)CNC(=O)c2sc(C(=O)NC)nc2C)C(=O)N2CCCN2Cc2ccccc21. The quantitative estimate of drug-likeness (QED) is 0.561. The third kappa shape index (κ3) is 4.66. The van der Waals surface area contributed by atoms with Gasteiger partial charge in [0.15, 0.2) is 5.01 Å². The fraction of sp³-hybridized carbons (Fsp3) is 0.435. The molecule has 0 unspecified atom stereocenters. The van der Waals surface area contributed by atoms with Crippen LogP contribution in [0.3, 0.4) is 0 Å². The Labute approximate surface area is 203 Å².